The molecule has 5 nitrogen and oxygen atoms in total. The van der Waals surface area contributed by atoms with Crippen LogP contribution in [0.2, 0.25) is 0 Å². The second kappa shape index (κ2) is 13.0. The Bertz CT molecular complexity index is 79.1. The van der Waals surface area contributed by atoms with Crippen molar-refractivity contribution in [2.24, 2.45) is 5.73 Å². The van der Waals surface area contributed by atoms with Crippen molar-refractivity contribution in [3.8, 4) is 0 Å². The van der Waals surface area contributed by atoms with E-state index in [0.29, 0.717) is 0 Å². The molecule has 0 aromatic carbocycles. The first-order chi connectivity index (χ1) is 5.20. The molecular weight excluding hydrogens is 160 g/mol. The Labute approximate surface area is 73.8 Å². The van der Waals surface area contributed by atoms with Gasteiger partial charge in [-0.25, -0.2) is 0 Å². The van der Waals surface area contributed by atoms with Crippen LogP contribution in [0.3, 0.4) is 0 Å². The summed E-state index contributed by atoms with van der Waals surface area (Å²) >= 11 is 0. The molecular formula is C7H20N2O3. The number of carbonyl (C=O) groups is 1. The molecule has 0 aliphatic carbocycles. The third-order valence-corrected chi connectivity index (χ3v) is 0. The summed E-state index contributed by atoms with van der Waals surface area (Å²) in [6.45, 7) is 2.58. The summed E-state index contributed by atoms with van der Waals surface area (Å²) in [5.41, 5.74) is 4.67. The maximum absolute atomic E-state index is 9.00. The minimum absolute atomic E-state index is 0.667. The number of nitrogens with two attached hydrogens (primary N) is 1. The number of hydrogen-bond acceptors (Lipinski definition) is 4. The van der Waals surface area contributed by atoms with E-state index in [1.807, 2.05) is 26.0 Å². The zero-order chi connectivity index (χ0) is 10.7. The fourth-order valence-corrected chi connectivity index (χ4v) is 0. The predicted molar refractivity (Wildman–Crippen MR) is 48.8 cm³/mol. The van der Waals surface area contributed by atoms with E-state index >= 15 is 0 Å². The van der Waals surface area contributed by atoms with Gasteiger partial charge in [0.25, 0.3) is 5.97 Å². The number of carboxylic acids is 1. The molecule has 0 aliphatic heterocycles. The number of carboxylic acid groups (broad SMARTS) is 1. The normalized spacial score (nSPS) is 10.3. The Morgan fingerprint density at radius 1 is 1.42 bits per heavy atom. The van der Waals surface area contributed by atoms with E-state index in [9.17, 15) is 0 Å². The van der Waals surface area contributed by atoms with Crippen molar-refractivity contribution in [3.05, 3.63) is 0 Å². The second-order valence-electron chi connectivity index (χ2n) is 2.60. The maximum atomic E-state index is 9.00. The minimum atomic E-state index is -0.833. The summed E-state index contributed by atoms with van der Waals surface area (Å²) in [5.74, 6) is -0.833. The highest BCUT2D eigenvalue weighted by atomic mass is 16.4. The highest BCUT2D eigenvalue weighted by molar-refractivity contribution is 5.62. The molecule has 0 saturated heterocycles. The van der Waals surface area contributed by atoms with Gasteiger partial charge in [0.15, 0.2) is 0 Å². The second-order valence-corrected chi connectivity index (χ2v) is 2.60. The summed E-state index contributed by atoms with van der Waals surface area (Å²) in [4.78, 5) is 11.0. The molecule has 0 fully saturated rings. The van der Waals surface area contributed by atoms with Gasteiger partial charge in [-0.3, -0.25) is 4.79 Å². The molecule has 0 rings (SSSR count). The summed E-state index contributed by atoms with van der Waals surface area (Å²) < 4.78 is 0. The minimum Gasteiger partial charge on any atom is -0.481 e. The monoisotopic (exact) mass is 180 g/mol. The van der Waals surface area contributed by atoms with E-state index in [1.165, 1.54) is 6.92 Å². The summed E-state index contributed by atoms with van der Waals surface area (Å²) in [7, 11) is 6.00. The Morgan fingerprint density at radius 2 is 1.42 bits per heavy atom. The fraction of sp³-hybridized carbons (Fsp3) is 0.857. The van der Waals surface area contributed by atoms with Crippen molar-refractivity contribution in [2.75, 3.05) is 21.1 Å². The first-order valence-electron chi connectivity index (χ1n) is 3.44. The topological polar surface area (TPSA) is 86.8 Å². The van der Waals surface area contributed by atoms with Gasteiger partial charge in [0.1, 0.15) is 0 Å². The van der Waals surface area contributed by atoms with E-state index < -0.39 is 12.2 Å². The molecule has 0 aromatic heterocycles. The van der Waals surface area contributed by atoms with Crippen LogP contribution in [0.5, 0.6) is 0 Å². The highest BCUT2D eigenvalue weighted by Gasteiger charge is 1.68. The Balaban J connectivity index is -0.000000101. The lowest BCUT2D eigenvalue weighted by Gasteiger charge is -1.90. The highest BCUT2D eigenvalue weighted by Crippen LogP contribution is 1.50. The number of rotatable bonds is 0. The molecule has 12 heavy (non-hydrogen) atoms. The van der Waals surface area contributed by atoms with Crippen molar-refractivity contribution in [3.63, 3.8) is 0 Å². The Kier molecular flexibility index (Phi) is 18.9. The van der Waals surface area contributed by atoms with Crippen molar-refractivity contribution in [2.45, 2.75) is 20.1 Å². The number of nitrogens with zero attached hydrogens (tertiary/aromatic N) is 1. The molecule has 1 atom stereocenters. The summed E-state index contributed by atoms with van der Waals surface area (Å²) in [6, 6.07) is 0. The number of aliphatic hydroxyl groups is 1. The van der Waals surface area contributed by atoms with Crippen LogP contribution in [0, 0.1) is 0 Å². The van der Waals surface area contributed by atoms with Gasteiger partial charge in [-0.15, -0.1) is 0 Å². The van der Waals surface area contributed by atoms with Gasteiger partial charge in [0.05, 0.1) is 6.23 Å². The Hall–Kier alpha value is -0.650. The Morgan fingerprint density at radius 3 is 1.42 bits per heavy atom. The molecule has 5 heteroatoms. The smallest absolute Gasteiger partial charge is 0.300 e. The molecule has 76 valence electrons. The molecule has 0 spiro atoms. The van der Waals surface area contributed by atoms with Crippen molar-refractivity contribution in [1.82, 2.24) is 4.90 Å². The summed E-state index contributed by atoms with van der Waals surface area (Å²) in [5, 5.41) is 15.2. The van der Waals surface area contributed by atoms with Crippen LogP contribution in [0.25, 0.3) is 0 Å². The third-order valence-electron chi connectivity index (χ3n) is 0. The zero-order valence-corrected chi connectivity index (χ0v) is 8.40. The van der Waals surface area contributed by atoms with Crippen LogP contribution in [0.15, 0.2) is 0 Å². The largest absolute Gasteiger partial charge is 0.481 e. The summed E-state index contributed by atoms with van der Waals surface area (Å²) in [6.07, 6.45) is -0.667. The lowest BCUT2D eigenvalue weighted by molar-refractivity contribution is -0.134. The first kappa shape index (κ1) is 17.4. The van der Waals surface area contributed by atoms with Crippen LogP contribution in [0.4, 0.5) is 0 Å². The van der Waals surface area contributed by atoms with Gasteiger partial charge in [-0.05, 0) is 28.1 Å². The van der Waals surface area contributed by atoms with E-state index in [-0.39, 0.29) is 0 Å². The van der Waals surface area contributed by atoms with Crippen LogP contribution >= 0.6 is 0 Å². The first-order valence-corrected chi connectivity index (χ1v) is 3.44. The molecule has 0 heterocycles. The van der Waals surface area contributed by atoms with E-state index in [2.05, 4.69) is 5.73 Å². The SMILES string of the molecule is CC(=O)O.CC(N)O.CN(C)C. The molecule has 4 N–H and O–H groups in total. The van der Waals surface area contributed by atoms with Gasteiger partial charge in [0.2, 0.25) is 0 Å². The zero-order valence-electron chi connectivity index (χ0n) is 8.40. The van der Waals surface area contributed by atoms with Crippen LogP contribution in [-0.4, -0.2) is 48.5 Å². The average molecular weight is 180 g/mol. The van der Waals surface area contributed by atoms with Gasteiger partial charge < -0.3 is 20.8 Å². The maximum Gasteiger partial charge on any atom is 0.300 e. The quantitative estimate of drug-likeness (QED) is 0.440. The molecule has 0 aromatic rings. The van der Waals surface area contributed by atoms with Gasteiger partial charge in [0, 0.05) is 6.92 Å². The van der Waals surface area contributed by atoms with Crippen LogP contribution in [0.1, 0.15) is 13.8 Å². The fourth-order valence-electron chi connectivity index (χ4n) is 0. The third kappa shape index (κ3) is 1540. The number of aliphatic hydroxyl groups excluding tert-OH is 1. The van der Waals surface area contributed by atoms with E-state index in [0.717, 1.165) is 6.92 Å². The molecule has 0 saturated carbocycles. The van der Waals surface area contributed by atoms with Gasteiger partial charge >= 0.3 is 0 Å². The number of hydrogen-bond donors (Lipinski definition) is 3. The lowest BCUT2D eigenvalue weighted by Crippen LogP contribution is -2.11. The number of aliphatic carboxylic acids is 1. The standard InChI is InChI=1S/C3H9N.C2H7NO.C2H4O2/c1-4(2)3;2*1-2(3)4/h1-3H3;2,4H,3H2,1H3;1H3,(H,3,4). The van der Waals surface area contributed by atoms with E-state index in [4.69, 9.17) is 15.0 Å². The van der Waals surface area contributed by atoms with Crippen LogP contribution in [-0.2, 0) is 4.79 Å². The molecule has 0 bridgehead atoms. The predicted octanol–water partition coefficient (Wildman–Crippen LogP) is -0.448. The van der Waals surface area contributed by atoms with Crippen LogP contribution < -0.4 is 5.73 Å². The molecule has 0 aliphatic rings. The molecule has 1 unspecified atom stereocenters. The van der Waals surface area contributed by atoms with Crippen molar-refractivity contribution < 1.29 is 15.0 Å². The van der Waals surface area contributed by atoms with Crippen molar-refractivity contribution >= 4 is 5.97 Å². The lowest BCUT2D eigenvalue weighted by atomic mass is 10.7. The molecule has 0 amide bonds. The van der Waals surface area contributed by atoms with Gasteiger partial charge in [-0.2, -0.15) is 0 Å². The van der Waals surface area contributed by atoms with Crippen molar-refractivity contribution in [1.29, 1.82) is 0 Å². The van der Waals surface area contributed by atoms with Gasteiger partial charge in [-0.1, -0.05) is 0 Å². The molecule has 0 radical (unpaired) electrons. The average Bonchev–Trinajstić information content (AvgIpc) is 1.54. The van der Waals surface area contributed by atoms with E-state index in [1.54, 1.807) is 0 Å².